The lowest BCUT2D eigenvalue weighted by Gasteiger charge is -2.33. The lowest BCUT2D eigenvalue weighted by atomic mass is 9.69. The standard InChI is InChI=1S/C32H37N5O4/c1-18-25-15-24(16-33)37(29(18)25)28(38)17-36-12-11-32(31(40)41)26-9-7-20(19(2)34-3)13-21(26)5-6-22-14-23(30(39)35-4)8-10-27(22)32/h7-10,13-14,18,24-25,29,34,36H,2,5-6,11-12,15,17H2,1,3-4H3,(H,35,39)(H,40,41). The average Bonchev–Trinajstić information content (AvgIpc) is 3.46. The first-order chi connectivity index (χ1) is 19.7. The molecule has 1 saturated carbocycles. The quantitative estimate of drug-likeness (QED) is 0.349. The van der Waals surface area contributed by atoms with Crippen LogP contribution in [0.2, 0.25) is 0 Å². The molecule has 2 aromatic carbocycles. The molecular weight excluding hydrogens is 518 g/mol. The van der Waals surface area contributed by atoms with Gasteiger partial charge in [0, 0.05) is 31.4 Å². The maximum Gasteiger partial charge on any atom is 0.318 e. The van der Waals surface area contributed by atoms with Crippen molar-refractivity contribution in [2.45, 2.75) is 50.1 Å². The lowest BCUT2D eigenvalue weighted by Crippen LogP contribution is -2.45. The van der Waals surface area contributed by atoms with Crippen LogP contribution in [0.15, 0.2) is 43.0 Å². The summed E-state index contributed by atoms with van der Waals surface area (Å²) in [6.45, 7) is 6.49. The van der Waals surface area contributed by atoms with Crippen LogP contribution in [0.5, 0.6) is 0 Å². The number of piperidine rings is 1. The molecule has 9 heteroatoms. The summed E-state index contributed by atoms with van der Waals surface area (Å²) in [5, 5.41) is 29.4. The van der Waals surface area contributed by atoms with Crippen molar-refractivity contribution in [1.82, 2.24) is 20.9 Å². The highest BCUT2D eigenvalue weighted by atomic mass is 16.4. The largest absolute Gasteiger partial charge is 0.480 e. The first kappa shape index (κ1) is 28.4. The molecule has 0 spiro atoms. The Balaban J connectivity index is 1.46. The molecule has 2 aromatic rings. The molecule has 9 nitrogen and oxygen atoms in total. The number of hydrogen-bond acceptors (Lipinski definition) is 6. The number of fused-ring (bicyclic) bond motifs is 3. The van der Waals surface area contributed by atoms with E-state index in [1.807, 2.05) is 18.2 Å². The molecule has 2 amide bonds. The summed E-state index contributed by atoms with van der Waals surface area (Å²) in [5.41, 5.74) is 3.81. The first-order valence-electron chi connectivity index (χ1n) is 14.2. The summed E-state index contributed by atoms with van der Waals surface area (Å²) < 4.78 is 0. The molecule has 1 aliphatic heterocycles. The zero-order chi connectivity index (χ0) is 29.5. The van der Waals surface area contributed by atoms with Crippen molar-refractivity contribution in [3.63, 3.8) is 0 Å². The molecule has 5 unspecified atom stereocenters. The summed E-state index contributed by atoms with van der Waals surface area (Å²) in [5.74, 6) is -0.512. The number of amides is 2. The predicted octanol–water partition coefficient (Wildman–Crippen LogP) is 2.44. The maximum atomic E-state index is 13.4. The number of benzene rings is 2. The van der Waals surface area contributed by atoms with Gasteiger partial charge in [-0.2, -0.15) is 5.26 Å². The van der Waals surface area contributed by atoms with Gasteiger partial charge in [-0.3, -0.25) is 14.4 Å². The van der Waals surface area contributed by atoms with Crippen LogP contribution >= 0.6 is 0 Å². The van der Waals surface area contributed by atoms with Gasteiger partial charge in [0.2, 0.25) is 5.91 Å². The average molecular weight is 556 g/mol. The van der Waals surface area contributed by atoms with E-state index in [0.717, 1.165) is 28.8 Å². The Hall–Kier alpha value is -4.16. The van der Waals surface area contributed by atoms with Gasteiger partial charge < -0.3 is 26.0 Å². The Kier molecular flexibility index (Phi) is 7.62. The van der Waals surface area contributed by atoms with Gasteiger partial charge in [-0.1, -0.05) is 31.7 Å². The summed E-state index contributed by atoms with van der Waals surface area (Å²) in [7, 11) is 3.36. The van der Waals surface area contributed by atoms with Crippen LogP contribution in [-0.4, -0.2) is 67.1 Å². The van der Waals surface area contributed by atoms with E-state index >= 15 is 0 Å². The summed E-state index contributed by atoms with van der Waals surface area (Å²) in [6, 6.07) is 13.0. The summed E-state index contributed by atoms with van der Waals surface area (Å²) >= 11 is 0. The minimum Gasteiger partial charge on any atom is -0.480 e. The van der Waals surface area contributed by atoms with Crippen LogP contribution in [0.4, 0.5) is 0 Å². The van der Waals surface area contributed by atoms with Gasteiger partial charge in [0.1, 0.15) is 11.5 Å². The fourth-order valence-corrected chi connectivity index (χ4v) is 7.01. The van der Waals surface area contributed by atoms with Crippen molar-refractivity contribution in [1.29, 1.82) is 5.26 Å². The Morgan fingerprint density at radius 1 is 1.07 bits per heavy atom. The van der Waals surface area contributed by atoms with Crippen molar-refractivity contribution < 1.29 is 19.5 Å². The number of aryl methyl sites for hydroxylation is 2. The number of nitrogens with zero attached hydrogens (tertiary/aromatic N) is 2. The van der Waals surface area contributed by atoms with E-state index in [1.54, 1.807) is 37.2 Å². The fraction of sp³-hybridized carbons (Fsp3) is 0.438. The highest BCUT2D eigenvalue weighted by molar-refractivity contribution is 5.95. The van der Waals surface area contributed by atoms with Crippen LogP contribution in [0.25, 0.3) is 5.70 Å². The second-order valence-corrected chi connectivity index (χ2v) is 11.4. The third kappa shape index (κ3) is 4.76. The van der Waals surface area contributed by atoms with E-state index in [1.165, 1.54) is 0 Å². The van der Waals surface area contributed by atoms with E-state index in [-0.39, 0.29) is 37.4 Å². The zero-order valence-corrected chi connectivity index (χ0v) is 23.8. The number of rotatable bonds is 9. The van der Waals surface area contributed by atoms with Crippen LogP contribution < -0.4 is 16.0 Å². The Labute approximate surface area is 240 Å². The molecule has 4 N–H and O–H groups in total. The molecule has 41 heavy (non-hydrogen) atoms. The normalized spacial score (nSPS) is 25.6. The molecule has 0 radical (unpaired) electrons. The SMILES string of the molecule is C=C(NC)c1ccc2c(c1)CCc1cc(C(=O)NC)ccc1C2(CCNCC(=O)N1C(C#N)CC2C(C)C21)C(=O)O. The van der Waals surface area contributed by atoms with Crippen molar-refractivity contribution in [3.05, 3.63) is 76.4 Å². The number of hydrogen-bond donors (Lipinski definition) is 4. The summed E-state index contributed by atoms with van der Waals surface area (Å²) in [6.07, 6.45) is 2.11. The minimum absolute atomic E-state index is 0.0417. The first-order valence-corrected chi connectivity index (χ1v) is 14.2. The van der Waals surface area contributed by atoms with Crippen molar-refractivity contribution in [3.8, 4) is 6.07 Å². The van der Waals surface area contributed by atoms with E-state index in [2.05, 4.69) is 35.5 Å². The minimum atomic E-state index is -1.39. The Morgan fingerprint density at radius 3 is 2.29 bits per heavy atom. The lowest BCUT2D eigenvalue weighted by molar-refractivity contribution is -0.142. The molecule has 1 saturated heterocycles. The summed E-state index contributed by atoms with van der Waals surface area (Å²) in [4.78, 5) is 40.6. The van der Waals surface area contributed by atoms with E-state index in [0.29, 0.717) is 41.4 Å². The molecule has 214 valence electrons. The van der Waals surface area contributed by atoms with Crippen LogP contribution in [-0.2, 0) is 27.8 Å². The Morgan fingerprint density at radius 2 is 1.71 bits per heavy atom. The van der Waals surface area contributed by atoms with Gasteiger partial charge in [-0.15, -0.1) is 0 Å². The van der Waals surface area contributed by atoms with E-state index in [9.17, 15) is 24.8 Å². The molecule has 0 aromatic heterocycles. The van der Waals surface area contributed by atoms with E-state index in [4.69, 9.17) is 0 Å². The van der Waals surface area contributed by atoms with Crippen LogP contribution in [0, 0.1) is 23.2 Å². The molecule has 2 aliphatic carbocycles. The van der Waals surface area contributed by atoms with Gasteiger partial charge in [-0.05, 0) is 90.1 Å². The molecular formula is C32H37N5O4. The second-order valence-electron chi connectivity index (χ2n) is 11.4. The second kappa shape index (κ2) is 11.0. The highest BCUT2D eigenvalue weighted by Gasteiger charge is 2.60. The number of carboxylic acids is 1. The van der Waals surface area contributed by atoms with Gasteiger partial charge >= 0.3 is 5.97 Å². The van der Waals surface area contributed by atoms with Crippen LogP contribution in [0.3, 0.4) is 0 Å². The van der Waals surface area contributed by atoms with Crippen LogP contribution in [0.1, 0.15) is 57.9 Å². The van der Waals surface area contributed by atoms with Crippen molar-refractivity contribution in [2.24, 2.45) is 11.8 Å². The monoisotopic (exact) mass is 555 g/mol. The number of carbonyl (C=O) groups is 3. The Bertz CT molecular complexity index is 1390. The maximum absolute atomic E-state index is 13.4. The third-order valence-corrected chi connectivity index (χ3v) is 9.35. The number of nitrogens with one attached hydrogen (secondary N) is 3. The number of nitriles is 1. The molecule has 5 atom stereocenters. The molecule has 2 fully saturated rings. The number of carboxylic acid groups (broad SMARTS) is 1. The molecule has 0 bridgehead atoms. The number of aliphatic carboxylic acids is 1. The smallest absolute Gasteiger partial charge is 0.318 e. The zero-order valence-electron chi connectivity index (χ0n) is 23.8. The highest BCUT2D eigenvalue weighted by Crippen LogP contribution is 2.52. The van der Waals surface area contributed by atoms with Gasteiger partial charge in [-0.25, -0.2) is 0 Å². The third-order valence-electron chi connectivity index (χ3n) is 9.35. The number of carbonyl (C=O) groups excluding carboxylic acids is 2. The molecule has 3 aliphatic rings. The number of likely N-dealkylation sites (tertiary alicyclic amines) is 1. The fourth-order valence-electron chi connectivity index (χ4n) is 7.01. The topological polar surface area (TPSA) is 135 Å². The van der Waals surface area contributed by atoms with Crippen molar-refractivity contribution >= 4 is 23.5 Å². The van der Waals surface area contributed by atoms with Gasteiger partial charge in [0.05, 0.1) is 12.6 Å². The van der Waals surface area contributed by atoms with Gasteiger partial charge in [0.25, 0.3) is 5.91 Å². The van der Waals surface area contributed by atoms with Crippen molar-refractivity contribution in [2.75, 3.05) is 27.2 Å². The molecule has 1 heterocycles. The predicted molar refractivity (Wildman–Crippen MR) is 155 cm³/mol. The van der Waals surface area contributed by atoms with Gasteiger partial charge in [0.15, 0.2) is 0 Å². The molecule has 5 rings (SSSR count). The van der Waals surface area contributed by atoms with E-state index < -0.39 is 17.4 Å².